The normalized spacial score (nSPS) is 21.4. The van der Waals surface area contributed by atoms with E-state index in [1.54, 1.807) is 18.5 Å². The van der Waals surface area contributed by atoms with E-state index in [1.807, 2.05) is 95.6 Å². The van der Waals surface area contributed by atoms with Crippen LogP contribution in [0.2, 0.25) is 10.1 Å². The minimum atomic E-state index is -3.59. The standard InChI is InChI=1S/C50H53N5O5Si2/c1-47(2,3)62(39-27-17-9-18-28-39,40-29-19-10-20-30-40)60-50-33-49(50,32-48(4,5)61(58,37-23-13-7-14-24-37)38-25-15-8-16-26-38)46(59-41(50)31-56)55-35-53-42-43(51-34-52-44(42)55)54-45(57)36-21-11-6-12-22-36/h6-30,34-35,41,46,56,58H,31-33H2,1-5H3,(H,51,52,54,57)/t41-,46-,49?,50?/m1/s1. The summed E-state index contributed by atoms with van der Waals surface area (Å²) in [6, 6.07) is 50.2. The molecule has 1 saturated heterocycles. The van der Waals surface area contributed by atoms with Gasteiger partial charge in [0, 0.05) is 11.0 Å². The Kier molecular flexibility index (Phi) is 10.5. The number of rotatable bonds is 13. The molecule has 3 N–H and O–H groups in total. The number of hydrogen-bond acceptors (Lipinski definition) is 8. The molecule has 316 valence electrons. The summed E-state index contributed by atoms with van der Waals surface area (Å²) in [5.41, 5.74) is -0.463. The molecule has 12 heteroatoms. The summed E-state index contributed by atoms with van der Waals surface area (Å²) in [6.45, 7) is 10.8. The van der Waals surface area contributed by atoms with Crippen LogP contribution in [0.5, 0.6) is 0 Å². The van der Waals surface area contributed by atoms with Gasteiger partial charge < -0.3 is 24.4 Å². The zero-order valence-corrected chi connectivity index (χ0v) is 37.8. The number of amides is 1. The molecule has 2 aliphatic rings. The molecule has 1 aliphatic carbocycles. The van der Waals surface area contributed by atoms with Gasteiger partial charge in [0.1, 0.15) is 18.7 Å². The molecule has 0 spiro atoms. The van der Waals surface area contributed by atoms with Gasteiger partial charge in [-0.2, -0.15) is 0 Å². The fourth-order valence-corrected chi connectivity index (χ4v) is 19.3. The lowest BCUT2D eigenvalue weighted by Crippen LogP contribution is -2.69. The molecule has 1 aliphatic heterocycles. The van der Waals surface area contributed by atoms with Crippen molar-refractivity contribution >= 4 is 60.3 Å². The number of ether oxygens (including phenoxy) is 1. The Bertz CT molecular complexity index is 2600. The van der Waals surface area contributed by atoms with Gasteiger partial charge in [0.05, 0.1) is 18.5 Å². The van der Waals surface area contributed by atoms with E-state index in [2.05, 4.69) is 93.5 Å². The Hall–Kier alpha value is -5.61. The summed E-state index contributed by atoms with van der Waals surface area (Å²) >= 11 is 0. The third-order valence-corrected chi connectivity index (χ3v) is 23.0. The van der Waals surface area contributed by atoms with Crippen LogP contribution in [0.1, 0.15) is 64.0 Å². The largest absolute Gasteiger partial charge is 0.424 e. The fourth-order valence-electron chi connectivity index (χ4n) is 10.6. The zero-order valence-electron chi connectivity index (χ0n) is 35.8. The van der Waals surface area contributed by atoms with E-state index < -0.39 is 45.0 Å². The number of aliphatic hydroxyl groups excluding tert-OH is 1. The molecule has 3 heterocycles. The molecular weight excluding hydrogens is 807 g/mol. The highest BCUT2D eigenvalue weighted by Gasteiger charge is 2.84. The number of aliphatic hydroxyl groups is 1. The van der Waals surface area contributed by atoms with Gasteiger partial charge in [0.25, 0.3) is 22.5 Å². The summed E-state index contributed by atoms with van der Waals surface area (Å²) in [5, 5.41) is 17.4. The fraction of sp³-hybridized carbons (Fsp3) is 0.280. The molecule has 9 rings (SSSR count). The van der Waals surface area contributed by atoms with E-state index >= 15 is 0 Å². The van der Waals surface area contributed by atoms with E-state index in [9.17, 15) is 14.7 Å². The molecule has 1 saturated carbocycles. The van der Waals surface area contributed by atoms with Crippen LogP contribution in [-0.4, -0.2) is 70.3 Å². The van der Waals surface area contributed by atoms with Crippen molar-refractivity contribution in [3.63, 3.8) is 0 Å². The van der Waals surface area contributed by atoms with Gasteiger partial charge in [-0.05, 0) is 55.8 Å². The quantitative estimate of drug-likeness (QED) is 0.111. The molecule has 7 aromatic rings. The topological polar surface area (TPSA) is 132 Å². The van der Waals surface area contributed by atoms with E-state index in [0.717, 1.165) is 20.7 Å². The Morgan fingerprint density at radius 3 is 1.76 bits per heavy atom. The van der Waals surface area contributed by atoms with Crippen LogP contribution < -0.4 is 26.1 Å². The van der Waals surface area contributed by atoms with E-state index in [0.29, 0.717) is 29.6 Å². The number of nitrogens with zero attached hydrogens (tertiary/aromatic N) is 4. The van der Waals surface area contributed by atoms with Crippen molar-refractivity contribution in [3.8, 4) is 0 Å². The Labute approximate surface area is 364 Å². The number of aromatic nitrogens is 4. The molecule has 1 amide bonds. The van der Waals surface area contributed by atoms with E-state index in [1.165, 1.54) is 6.33 Å². The average Bonchev–Trinajstić information content (AvgIpc) is 3.57. The van der Waals surface area contributed by atoms with Crippen molar-refractivity contribution in [2.75, 3.05) is 11.9 Å². The molecule has 4 atom stereocenters. The number of benzene rings is 5. The van der Waals surface area contributed by atoms with E-state index in [4.69, 9.17) is 19.1 Å². The predicted molar refractivity (Wildman–Crippen MR) is 248 cm³/mol. The number of fused-ring (bicyclic) bond motifs is 2. The Morgan fingerprint density at radius 1 is 0.758 bits per heavy atom. The van der Waals surface area contributed by atoms with Crippen LogP contribution in [0.25, 0.3) is 11.2 Å². The predicted octanol–water partition coefficient (Wildman–Crippen LogP) is 6.60. The highest BCUT2D eigenvalue weighted by molar-refractivity contribution is 7.00. The van der Waals surface area contributed by atoms with Gasteiger partial charge >= 0.3 is 0 Å². The first kappa shape index (κ1) is 41.7. The third kappa shape index (κ3) is 6.51. The smallest absolute Gasteiger partial charge is 0.261 e. The number of imidazole rings is 1. The Balaban J connectivity index is 1.24. The van der Waals surface area contributed by atoms with Crippen LogP contribution in [0.3, 0.4) is 0 Å². The molecule has 0 bridgehead atoms. The molecule has 5 aromatic carbocycles. The number of carbonyl (C=O) groups excluding carboxylic acids is 1. The van der Waals surface area contributed by atoms with Crippen LogP contribution >= 0.6 is 0 Å². The van der Waals surface area contributed by atoms with Gasteiger partial charge in [0.2, 0.25) is 0 Å². The molecular formula is C50H53N5O5Si2. The van der Waals surface area contributed by atoms with Crippen molar-refractivity contribution < 1.29 is 23.9 Å². The molecule has 2 fully saturated rings. The molecule has 10 nitrogen and oxygen atoms in total. The van der Waals surface area contributed by atoms with Gasteiger partial charge in [-0.15, -0.1) is 0 Å². The van der Waals surface area contributed by atoms with Crippen LogP contribution in [0.15, 0.2) is 164 Å². The van der Waals surface area contributed by atoms with Crippen molar-refractivity contribution in [2.24, 2.45) is 5.41 Å². The van der Waals surface area contributed by atoms with Crippen molar-refractivity contribution in [3.05, 3.63) is 170 Å². The average molecular weight is 860 g/mol. The van der Waals surface area contributed by atoms with Crippen molar-refractivity contribution in [1.29, 1.82) is 0 Å². The zero-order chi connectivity index (χ0) is 43.4. The maximum atomic E-state index is 13.6. The van der Waals surface area contributed by atoms with Crippen LogP contribution in [0.4, 0.5) is 5.82 Å². The number of nitrogens with one attached hydrogen (secondary N) is 1. The number of anilines is 1. The summed E-state index contributed by atoms with van der Waals surface area (Å²) in [4.78, 5) is 41.1. The summed E-state index contributed by atoms with van der Waals surface area (Å²) in [5.74, 6) is -0.0453. The molecule has 0 radical (unpaired) electrons. The third-order valence-electron chi connectivity index (χ3n) is 13.5. The lowest BCUT2D eigenvalue weighted by Gasteiger charge is -2.47. The SMILES string of the molecule is CC(C)(CC12CC1(O[Si](c1ccccc1)(c1ccccc1)C(C)(C)C)[C@@H](CO)O[C@H]2n1cnc2c(NC(=O)c3ccccc3)ncnc21)[Si](O)(c1ccccc1)c1ccccc1. The summed E-state index contributed by atoms with van der Waals surface area (Å²) in [7, 11) is -6.86. The highest BCUT2D eigenvalue weighted by Crippen LogP contribution is 2.78. The lowest BCUT2D eigenvalue weighted by molar-refractivity contribution is -0.0819. The molecule has 2 unspecified atom stereocenters. The van der Waals surface area contributed by atoms with Gasteiger partial charge in [0.15, 0.2) is 17.0 Å². The first-order valence-electron chi connectivity index (χ1n) is 21.3. The highest BCUT2D eigenvalue weighted by atomic mass is 28.4. The van der Waals surface area contributed by atoms with Gasteiger partial charge in [-0.3, -0.25) is 9.36 Å². The Morgan fingerprint density at radius 2 is 1.26 bits per heavy atom. The van der Waals surface area contributed by atoms with Crippen LogP contribution in [-0.2, 0) is 9.16 Å². The van der Waals surface area contributed by atoms with E-state index in [-0.39, 0.29) is 23.4 Å². The second-order valence-corrected chi connectivity index (χ2v) is 26.7. The second-order valence-electron chi connectivity index (χ2n) is 18.5. The van der Waals surface area contributed by atoms with Crippen LogP contribution in [0, 0.1) is 5.41 Å². The first-order chi connectivity index (χ1) is 29.8. The minimum Gasteiger partial charge on any atom is -0.424 e. The summed E-state index contributed by atoms with van der Waals surface area (Å²) < 4.78 is 17.3. The van der Waals surface area contributed by atoms with Crippen molar-refractivity contribution in [2.45, 2.75) is 75.5 Å². The maximum Gasteiger partial charge on any atom is 0.261 e. The maximum absolute atomic E-state index is 13.6. The van der Waals surface area contributed by atoms with Gasteiger partial charge in [-0.25, -0.2) is 15.0 Å². The minimum absolute atomic E-state index is 0.272. The summed E-state index contributed by atoms with van der Waals surface area (Å²) in [6.07, 6.45) is 2.64. The number of carbonyl (C=O) groups is 1. The molecule has 2 aromatic heterocycles. The lowest BCUT2D eigenvalue weighted by atomic mass is 9.88. The second kappa shape index (κ2) is 15.6. The number of hydrogen-bond donors (Lipinski definition) is 3. The molecule has 62 heavy (non-hydrogen) atoms. The van der Waals surface area contributed by atoms with Crippen molar-refractivity contribution in [1.82, 2.24) is 19.5 Å². The van der Waals surface area contributed by atoms with Gasteiger partial charge in [-0.1, -0.05) is 174 Å². The monoisotopic (exact) mass is 859 g/mol. The first-order valence-corrected chi connectivity index (χ1v) is 25.1.